The topological polar surface area (TPSA) is 66.5 Å². The van der Waals surface area contributed by atoms with Crippen molar-refractivity contribution in [3.63, 3.8) is 0 Å². The lowest BCUT2D eigenvalue weighted by Gasteiger charge is -2.28. The predicted octanol–water partition coefficient (Wildman–Crippen LogP) is 3.53. The van der Waals surface area contributed by atoms with Crippen LogP contribution in [0.3, 0.4) is 0 Å². The highest BCUT2D eigenvalue weighted by Crippen LogP contribution is 2.24. The predicted molar refractivity (Wildman–Crippen MR) is 108 cm³/mol. The van der Waals surface area contributed by atoms with E-state index in [1.54, 1.807) is 0 Å². The highest BCUT2D eigenvalue weighted by Gasteiger charge is 2.27. The summed E-state index contributed by atoms with van der Waals surface area (Å²) in [5, 5.41) is 2.86. The Labute approximate surface area is 161 Å². The Balaban J connectivity index is 1.60. The molecule has 2 aromatic carbocycles. The lowest BCUT2D eigenvalue weighted by molar-refractivity contribution is -0.115. The second kappa shape index (κ2) is 8.23. The largest absolute Gasteiger partial charge is 0.326 e. The van der Waals surface area contributed by atoms with Crippen LogP contribution in [0.25, 0.3) is 0 Å². The first-order valence-electron chi connectivity index (χ1n) is 9.30. The second-order valence-corrected chi connectivity index (χ2v) is 9.30. The molecule has 1 aliphatic heterocycles. The zero-order valence-corrected chi connectivity index (χ0v) is 16.6. The number of anilines is 1. The number of sulfonamides is 1. The van der Waals surface area contributed by atoms with E-state index in [4.69, 9.17) is 0 Å². The molecular weight excluding hydrogens is 360 g/mol. The Morgan fingerprint density at radius 2 is 1.74 bits per heavy atom. The molecule has 3 rings (SSSR count). The van der Waals surface area contributed by atoms with Crippen LogP contribution in [0.5, 0.6) is 0 Å². The van der Waals surface area contributed by atoms with Crippen LogP contribution in [0.15, 0.2) is 48.5 Å². The number of carbonyl (C=O) groups excluding carboxylic acids is 1. The third-order valence-electron chi connectivity index (χ3n) is 4.93. The van der Waals surface area contributed by atoms with Crippen molar-refractivity contribution in [2.45, 2.75) is 39.2 Å². The molecule has 0 aromatic heterocycles. The van der Waals surface area contributed by atoms with Gasteiger partial charge in [0.15, 0.2) is 0 Å². The van der Waals surface area contributed by atoms with Gasteiger partial charge in [-0.1, -0.05) is 56.3 Å². The molecule has 5 nitrogen and oxygen atoms in total. The van der Waals surface area contributed by atoms with Crippen molar-refractivity contribution >= 4 is 21.6 Å². The molecular formula is C21H26N2O3S. The third kappa shape index (κ3) is 4.76. The number of fused-ring (bicyclic) bond motifs is 1. The number of para-hydroxylation sites is 1. The standard InChI is InChI=1S/C21H26N2O3S/c1-16(2)19-9-5-6-10-20(19)22-21(24)12-14-27(25,26)23-13-11-17-7-3-4-8-18(17)15-23/h3-10,16H,11-15H2,1-2H3,(H,22,24). The first kappa shape index (κ1) is 19.6. The van der Waals surface area contributed by atoms with E-state index in [0.29, 0.717) is 19.5 Å². The molecule has 0 aliphatic carbocycles. The van der Waals surface area contributed by atoms with Crippen LogP contribution in [-0.2, 0) is 27.8 Å². The summed E-state index contributed by atoms with van der Waals surface area (Å²) in [6, 6.07) is 15.5. The first-order valence-corrected chi connectivity index (χ1v) is 10.9. The van der Waals surface area contributed by atoms with E-state index < -0.39 is 10.0 Å². The smallest absolute Gasteiger partial charge is 0.225 e. The maximum atomic E-state index is 12.7. The molecule has 1 amide bonds. The van der Waals surface area contributed by atoms with Crippen molar-refractivity contribution in [1.29, 1.82) is 0 Å². The van der Waals surface area contributed by atoms with Gasteiger partial charge in [-0.25, -0.2) is 8.42 Å². The number of carbonyl (C=O) groups is 1. The number of nitrogens with zero attached hydrogens (tertiary/aromatic N) is 1. The van der Waals surface area contributed by atoms with Gasteiger partial charge in [-0.05, 0) is 35.1 Å². The minimum absolute atomic E-state index is 0.0487. The fraction of sp³-hybridized carbons (Fsp3) is 0.381. The third-order valence-corrected chi connectivity index (χ3v) is 6.75. The van der Waals surface area contributed by atoms with Gasteiger partial charge in [0.05, 0.1) is 5.75 Å². The highest BCUT2D eigenvalue weighted by molar-refractivity contribution is 7.89. The Morgan fingerprint density at radius 1 is 1.07 bits per heavy atom. The summed E-state index contributed by atoms with van der Waals surface area (Å²) in [6.45, 7) is 4.97. The number of benzene rings is 2. The molecule has 1 aliphatic rings. The number of hydrogen-bond donors (Lipinski definition) is 1. The summed E-state index contributed by atoms with van der Waals surface area (Å²) in [7, 11) is -3.47. The maximum Gasteiger partial charge on any atom is 0.225 e. The van der Waals surface area contributed by atoms with Gasteiger partial charge in [-0.3, -0.25) is 4.79 Å². The van der Waals surface area contributed by atoms with Crippen molar-refractivity contribution < 1.29 is 13.2 Å². The van der Waals surface area contributed by atoms with E-state index in [0.717, 1.165) is 16.8 Å². The maximum absolute atomic E-state index is 12.7. The fourth-order valence-electron chi connectivity index (χ4n) is 3.39. The molecule has 144 valence electrons. The van der Waals surface area contributed by atoms with E-state index in [-0.39, 0.29) is 24.0 Å². The second-order valence-electron chi connectivity index (χ2n) is 7.21. The molecule has 27 heavy (non-hydrogen) atoms. The summed E-state index contributed by atoms with van der Waals surface area (Å²) in [4.78, 5) is 12.3. The summed E-state index contributed by atoms with van der Waals surface area (Å²) in [5.41, 5.74) is 4.04. The van der Waals surface area contributed by atoms with Gasteiger partial charge in [-0.2, -0.15) is 4.31 Å². The average Bonchev–Trinajstić information content (AvgIpc) is 2.66. The summed E-state index contributed by atoms with van der Waals surface area (Å²) in [5.74, 6) is -0.173. The lowest BCUT2D eigenvalue weighted by Crippen LogP contribution is -2.38. The van der Waals surface area contributed by atoms with E-state index in [9.17, 15) is 13.2 Å². The van der Waals surface area contributed by atoms with Gasteiger partial charge in [-0.15, -0.1) is 0 Å². The van der Waals surface area contributed by atoms with Gasteiger partial charge in [0.2, 0.25) is 15.9 Å². The van der Waals surface area contributed by atoms with Crippen LogP contribution in [0.2, 0.25) is 0 Å². The van der Waals surface area contributed by atoms with Crippen LogP contribution in [0, 0.1) is 0 Å². The van der Waals surface area contributed by atoms with E-state index in [1.165, 1.54) is 9.87 Å². The molecule has 1 N–H and O–H groups in total. The van der Waals surface area contributed by atoms with Crippen LogP contribution in [0.1, 0.15) is 42.9 Å². The number of amides is 1. The SMILES string of the molecule is CC(C)c1ccccc1NC(=O)CCS(=O)(=O)N1CCc2ccccc2C1. The molecule has 0 bridgehead atoms. The normalized spacial score (nSPS) is 14.8. The van der Waals surface area contributed by atoms with Crippen molar-refractivity contribution in [3.05, 3.63) is 65.2 Å². The monoisotopic (exact) mass is 386 g/mol. The van der Waals surface area contributed by atoms with Crippen molar-refractivity contribution in [2.75, 3.05) is 17.6 Å². The molecule has 0 radical (unpaired) electrons. The molecule has 0 unspecified atom stereocenters. The lowest BCUT2D eigenvalue weighted by atomic mass is 10.0. The summed E-state index contributed by atoms with van der Waals surface area (Å²) < 4.78 is 26.8. The Hall–Kier alpha value is -2.18. The fourth-order valence-corrected chi connectivity index (χ4v) is 4.79. The van der Waals surface area contributed by atoms with E-state index in [1.807, 2.05) is 48.5 Å². The van der Waals surface area contributed by atoms with Gasteiger partial charge < -0.3 is 5.32 Å². The molecule has 1 heterocycles. The molecule has 0 fully saturated rings. The number of nitrogens with one attached hydrogen (secondary N) is 1. The van der Waals surface area contributed by atoms with E-state index >= 15 is 0 Å². The highest BCUT2D eigenvalue weighted by atomic mass is 32.2. The Bertz CT molecular complexity index is 923. The molecule has 0 atom stereocenters. The molecule has 0 saturated heterocycles. The van der Waals surface area contributed by atoms with Crippen LogP contribution in [0.4, 0.5) is 5.69 Å². The van der Waals surface area contributed by atoms with Gasteiger partial charge in [0.25, 0.3) is 0 Å². The average molecular weight is 387 g/mol. The zero-order valence-electron chi connectivity index (χ0n) is 15.8. The molecule has 6 heteroatoms. The van der Waals surface area contributed by atoms with Gasteiger partial charge >= 0.3 is 0 Å². The minimum Gasteiger partial charge on any atom is -0.326 e. The van der Waals surface area contributed by atoms with Crippen LogP contribution in [-0.4, -0.2) is 30.9 Å². The van der Waals surface area contributed by atoms with Gasteiger partial charge in [0.1, 0.15) is 0 Å². The van der Waals surface area contributed by atoms with E-state index in [2.05, 4.69) is 19.2 Å². The molecule has 2 aromatic rings. The molecule has 0 spiro atoms. The summed E-state index contributed by atoms with van der Waals surface area (Å²) >= 11 is 0. The van der Waals surface area contributed by atoms with Crippen molar-refractivity contribution in [3.8, 4) is 0 Å². The zero-order chi connectivity index (χ0) is 19.4. The van der Waals surface area contributed by atoms with Crippen LogP contribution >= 0.6 is 0 Å². The summed E-state index contributed by atoms with van der Waals surface area (Å²) in [6.07, 6.45) is 0.663. The van der Waals surface area contributed by atoms with Crippen molar-refractivity contribution in [1.82, 2.24) is 4.31 Å². The number of hydrogen-bond acceptors (Lipinski definition) is 3. The van der Waals surface area contributed by atoms with Gasteiger partial charge in [0, 0.05) is 25.2 Å². The van der Waals surface area contributed by atoms with Crippen molar-refractivity contribution in [2.24, 2.45) is 0 Å². The quantitative estimate of drug-likeness (QED) is 0.826. The Kier molecular flexibility index (Phi) is 5.97. The van der Waals surface area contributed by atoms with Crippen LogP contribution < -0.4 is 5.32 Å². The molecule has 0 saturated carbocycles. The first-order chi connectivity index (χ1) is 12.9. The minimum atomic E-state index is -3.47. The number of rotatable bonds is 6. The Morgan fingerprint density at radius 3 is 2.48 bits per heavy atom.